The topological polar surface area (TPSA) is 29.9 Å². The van der Waals surface area contributed by atoms with Crippen molar-refractivity contribution in [3.63, 3.8) is 0 Å². The van der Waals surface area contributed by atoms with Gasteiger partial charge >= 0.3 is 0 Å². The molecule has 0 aliphatic rings. The van der Waals surface area contributed by atoms with Crippen molar-refractivity contribution in [3.8, 4) is 0 Å². The van der Waals surface area contributed by atoms with Crippen molar-refractivity contribution in [2.75, 3.05) is 11.9 Å². The van der Waals surface area contributed by atoms with Crippen LogP contribution in [-0.2, 0) is 13.0 Å². The summed E-state index contributed by atoms with van der Waals surface area (Å²) in [5.41, 5.74) is 1.52. The summed E-state index contributed by atoms with van der Waals surface area (Å²) in [6, 6.07) is 3.58. The van der Waals surface area contributed by atoms with E-state index < -0.39 is 11.6 Å². The molecule has 1 N–H and O–H groups in total. The van der Waals surface area contributed by atoms with Crippen molar-refractivity contribution in [1.29, 1.82) is 0 Å². The Balaban J connectivity index is 2.08. The molecule has 1 aromatic carbocycles. The van der Waals surface area contributed by atoms with Crippen LogP contribution in [0.25, 0.3) is 0 Å². The minimum atomic E-state index is -0.549. The lowest BCUT2D eigenvalue weighted by Crippen LogP contribution is -2.08. The van der Waals surface area contributed by atoms with E-state index in [1.165, 1.54) is 12.1 Å². The molecule has 1 aromatic heterocycles. The summed E-state index contributed by atoms with van der Waals surface area (Å²) < 4.78 is 28.2. The predicted molar refractivity (Wildman–Crippen MR) is 75.7 cm³/mol. The quantitative estimate of drug-likeness (QED) is 0.821. The molecule has 0 radical (unpaired) electrons. The molecular weight excluding hydrogens is 260 g/mol. The first-order valence-electron chi connectivity index (χ1n) is 6.42. The maximum atomic E-state index is 13.1. The van der Waals surface area contributed by atoms with E-state index in [1.807, 2.05) is 17.7 Å². The van der Waals surface area contributed by atoms with Gasteiger partial charge in [0.2, 0.25) is 5.95 Å². The van der Waals surface area contributed by atoms with Crippen LogP contribution in [0.5, 0.6) is 0 Å². The van der Waals surface area contributed by atoms with E-state index in [2.05, 4.69) is 16.9 Å². The van der Waals surface area contributed by atoms with Gasteiger partial charge in [-0.25, -0.2) is 13.8 Å². The Labute approximate surface area is 117 Å². The van der Waals surface area contributed by atoms with Gasteiger partial charge in [-0.05, 0) is 31.0 Å². The fraction of sp³-hybridized carbons (Fsp3) is 0.267. The van der Waals surface area contributed by atoms with E-state index in [4.69, 9.17) is 0 Å². The first-order valence-corrected chi connectivity index (χ1v) is 6.42. The number of nitrogens with zero attached hydrogens (tertiary/aromatic N) is 2. The molecule has 0 saturated carbocycles. The van der Waals surface area contributed by atoms with Gasteiger partial charge in [-0.1, -0.05) is 6.08 Å². The molecule has 0 unspecified atom stereocenters. The standard InChI is InChI=1S/C15H17F2N3/c1-3-5-18-15-19-11(2)10-20(15)6-4-12-7-13(16)9-14(17)8-12/h3,7-10H,1,4-6H2,2H3,(H,18,19). The zero-order valence-electron chi connectivity index (χ0n) is 11.4. The van der Waals surface area contributed by atoms with Crippen molar-refractivity contribution in [3.05, 3.63) is 59.9 Å². The number of hydrogen-bond donors (Lipinski definition) is 1. The Bertz CT molecular complexity index is 585. The van der Waals surface area contributed by atoms with Gasteiger partial charge in [0.15, 0.2) is 0 Å². The van der Waals surface area contributed by atoms with Crippen LogP contribution in [0.2, 0.25) is 0 Å². The van der Waals surface area contributed by atoms with Crippen LogP contribution in [0.4, 0.5) is 14.7 Å². The average Bonchev–Trinajstić information content (AvgIpc) is 2.73. The third-order valence-corrected chi connectivity index (χ3v) is 2.87. The van der Waals surface area contributed by atoms with Crippen molar-refractivity contribution in [2.45, 2.75) is 19.9 Å². The lowest BCUT2D eigenvalue weighted by molar-refractivity contribution is 0.576. The van der Waals surface area contributed by atoms with Gasteiger partial charge in [-0.2, -0.15) is 0 Å². The molecule has 0 saturated heterocycles. The average molecular weight is 277 g/mol. The molecular formula is C15H17F2N3. The number of rotatable bonds is 6. The van der Waals surface area contributed by atoms with Gasteiger partial charge in [0.25, 0.3) is 0 Å². The number of imidazole rings is 1. The number of aryl methyl sites for hydroxylation is 3. The van der Waals surface area contributed by atoms with Gasteiger partial charge < -0.3 is 9.88 Å². The van der Waals surface area contributed by atoms with Crippen LogP contribution in [0.3, 0.4) is 0 Å². The predicted octanol–water partition coefficient (Wildman–Crippen LogP) is 3.31. The third-order valence-electron chi connectivity index (χ3n) is 2.87. The summed E-state index contributed by atoms with van der Waals surface area (Å²) in [5, 5.41) is 3.13. The minimum Gasteiger partial charge on any atom is -0.352 e. The van der Waals surface area contributed by atoms with Crippen molar-refractivity contribution in [2.24, 2.45) is 0 Å². The van der Waals surface area contributed by atoms with Crippen molar-refractivity contribution < 1.29 is 8.78 Å². The molecule has 0 aliphatic heterocycles. The van der Waals surface area contributed by atoms with Gasteiger partial charge in [-0.3, -0.25) is 0 Å². The molecule has 0 bridgehead atoms. The highest BCUT2D eigenvalue weighted by atomic mass is 19.1. The van der Waals surface area contributed by atoms with Crippen LogP contribution in [0.1, 0.15) is 11.3 Å². The Morgan fingerprint density at radius 1 is 1.30 bits per heavy atom. The molecule has 0 amide bonds. The maximum Gasteiger partial charge on any atom is 0.203 e. The lowest BCUT2D eigenvalue weighted by atomic mass is 10.1. The fourth-order valence-corrected chi connectivity index (χ4v) is 2.03. The maximum absolute atomic E-state index is 13.1. The third kappa shape index (κ3) is 3.66. The largest absolute Gasteiger partial charge is 0.352 e. The van der Waals surface area contributed by atoms with Crippen LogP contribution in [0, 0.1) is 18.6 Å². The van der Waals surface area contributed by atoms with Gasteiger partial charge in [0.05, 0.1) is 5.69 Å². The highest BCUT2D eigenvalue weighted by Crippen LogP contribution is 2.13. The van der Waals surface area contributed by atoms with Crippen molar-refractivity contribution in [1.82, 2.24) is 9.55 Å². The Morgan fingerprint density at radius 2 is 2.00 bits per heavy atom. The summed E-state index contributed by atoms with van der Waals surface area (Å²) in [4.78, 5) is 4.35. The second-order valence-electron chi connectivity index (χ2n) is 4.60. The first kappa shape index (κ1) is 14.2. The number of halogens is 2. The zero-order valence-corrected chi connectivity index (χ0v) is 11.4. The monoisotopic (exact) mass is 277 g/mol. The highest BCUT2D eigenvalue weighted by Gasteiger charge is 2.06. The number of hydrogen-bond acceptors (Lipinski definition) is 2. The molecule has 106 valence electrons. The highest BCUT2D eigenvalue weighted by molar-refractivity contribution is 5.30. The van der Waals surface area contributed by atoms with Crippen LogP contribution >= 0.6 is 0 Å². The molecule has 20 heavy (non-hydrogen) atoms. The van der Waals surface area contributed by atoms with E-state index in [0.717, 1.165) is 17.7 Å². The zero-order chi connectivity index (χ0) is 14.5. The summed E-state index contributed by atoms with van der Waals surface area (Å²) in [6.07, 6.45) is 4.19. The molecule has 0 aliphatic carbocycles. The number of benzene rings is 1. The summed E-state index contributed by atoms with van der Waals surface area (Å²) in [5.74, 6) is -0.363. The van der Waals surface area contributed by atoms with Crippen LogP contribution < -0.4 is 5.32 Å². The van der Waals surface area contributed by atoms with Gasteiger partial charge in [0.1, 0.15) is 11.6 Å². The second-order valence-corrected chi connectivity index (χ2v) is 4.60. The van der Waals surface area contributed by atoms with E-state index >= 15 is 0 Å². The summed E-state index contributed by atoms with van der Waals surface area (Å²) in [7, 11) is 0. The Kier molecular flexibility index (Phi) is 4.50. The Morgan fingerprint density at radius 3 is 2.65 bits per heavy atom. The molecule has 5 heteroatoms. The van der Waals surface area contributed by atoms with E-state index in [0.29, 0.717) is 25.1 Å². The number of anilines is 1. The van der Waals surface area contributed by atoms with Gasteiger partial charge in [-0.15, -0.1) is 6.58 Å². The van der Waals surface area contributed by atoms with Crippen LogP contribution in [-0.4, -0.2) is 16.1 Å². The molecule has 2 aromatic rings. The second kappa shape index (κ2) is 6.32. The van der Waals surface area contributed by atoms with E-state index in [1.54, 1.807) is 6.08 Å². The smallest absolute Gasteiger partial charge is 0.203 e. The normalized spacial score (nSPS) is 10.6. The molecule has 0 spiro atoms. The molecule has 2 rings (SSSR count). The summed E-state index contributed by atoms with van der Waals surface area (Å²) >= 11 is 0. The molecule has 0 fully saturated rings. The Hall–Kier alpha value is -2.17. The minimum absolute atomic E-state index is 0.535. The molecule has 0 atom stereocenters. The van der Waals surface area contributed by atoms with Crippen molar-refractivity contribution >= 4 is 5.95 Å². The summed E-state index contributed by atoms with van der Waals surface area (Å²) in [6.45, 7) is 6.76. The van der Waals surface area contributed by atoms with E-state index in [9.17, 15) is 8.78 Å². The molecule has 3 nitrogen and oxygen atoms in total. The first-order chi connectivity index (χ1) is 9.58. The fourth-order valence-electron chi connectivity index (χ4n) is 2.03. The SMILES string of the molecule is C=CCNc1nc(C)cn1CCc1cc(F)cc(F)c1. The van der Waals surface area contributed by atoms with E-state index in [-0.39, 0.29) is 0 Å². The lowest BCUT2D eigenvalue weighted by Gasteiger charge is -2.08. The molecule has 1 heterocycles. The number of nitrogens with one attached hydrogen (secondary N) is 1. The number of aromatic nitrogens is 2. The van der Waals surface area contributed by atoms with Crippen LogP contribution in [0.15, 0.2) is 37.1 Å². The van der Waals surface area contributed by atoms with Gasteiger partial charge in [0, 0.05) is 25.4 Å².